The van der Waals surface area contributed by atoms with Crippen LogP contribution in [0.2, 0.25) is 0 Å². The van der Waals surface area contributed by atoms with Crippen molar-refractivity contribution in [3.63, 3.8) is 0 Å². The minimum Gasteiger partial charge on any atom is -0.398 e. The molecule has 3 N–H and O–H groups in total. The summed E-state index contributed by atoms with van der Waals surface area (Å²) in [4.78, 5) is 0. The fraction of sp³-hybridized carbons (Fsp3) is 0.250. The summed E-state index contributed by atoms with van der Waals surface area (Å²) in [6.07, 6.45) is -0.660. The van der Waals surface area contributed by atoms with Gasteiger partial charge in [0.15, 0.2) is 0 Å². The smallest absolute Gasteiger partial charge is 0.106 e. The summed E-state index contributed by atoms with van der Waals surface area (Å²) < 4.78 is 0. The molecule has 0 fully saturated rings. The van der Waals surface area contributed by atoms with E-state index in [1.54, 1.807) is 6.07 Å². The number of nitrogens with two attached hydrogens (primary N) is 1. The monoisotopic (exact) mass is 241 g/mol. The predicted molar refractivity (Wildman–Crippen MR) is 75.4 cm³/mol. The van der Waals surface area contributed by atoms with Crippen LogP contribution in [0.5, 0.6) is 0 Å². The number of aliphatic hydroxyl groups excluding tert-OH is 1. The van der Waals surface area contributed by atoms with Crippen molar-refractivity contribution in [3.8, 4) is 0 Å². The average molecular weight is 241 g/mol. The second-order valence-corrected chi connectivity index (χ2v) is 4.85. The molecule has 0 radical (unpaired) electrons. The van der Waals surface area contributed by atoms with Gasteiger partial charge in [-0.1, -0.05) is 56.3 Å². The fourth-order valence-electron chi connectivity index (χ4n) is 2.00. The third-order valence-electron chi connectivity index (χ3n) is 3.21. The summed E-state index contributed by atoms with van der Waals surface area (Å²) in [6, 6.07) is 15.5. The van der Waals surface area contributed by atoms with Crippen LogP contribution in [0.3, 0.4) is 0 Å². The Hall–Kier alpha value is -1.80. The van der Waals surface area contributed by atoms with Gasteiger partial charge in [-0.15, -0.1) is 0 Å². The average Bonchev–Trinajstić information content (AvgIpc) is 2.38. The lowest BCUT2D eigenvalue weighted by Crippen LogP contribution is -2.03. The van der Waals surface area contributed by atoms with Crippen LogP contribution in [-0.4, -0.2) is 5.11 Å². The van der Waals surface area contributed by atoms with E-state index in [1.807, 2.05) is 30.3 Å². The van der Waals surface area contributed by atoms with E-state index in [2.05, 4.69) is 26.0 Å². The number of aliphatic hydroxyl groups is 1. The Morgan fingerprint density at radius 2 is 1.44 bits per heavy atom. The molecule has 1 unspecified atom stereocenters. The molecule has 0 aliphatic carbocycles. The van der Waals surface area contributed by atoms with E-state index in [4.69, 9.17) is 5.73 Å². The van der Waals surface area contributed by atoms with Gasteiger partial charge < -0.3 is 10.8 Å². The third kappa shape index (κ3) is 2.54. The molecule has 0 saturated carbocycles. The topological polar surface area (TPSA) is 46.2 Å². The molecule has 2 aromatic carbocycles. The van der Waals surface area contributed by atoms with E-state index < -0.39 is 6.10 Å². The summed E-state index contributed by atoms with van der Waals surface area (Å²) in [6.45, 7) is 4.31. The van der Waals surface area contributed by atoms with E-state index in [1.165, 1.54) is 5.56 Å². The Morgan fingerprint density at radius 1 is 0.889 bits per heavy atom. The molecular weight excluding hydrogens is 222 g/mol. The first-order valence-electron chi connectivity index (χ1n) is 6.22. The molecule has 0 saturated heterocycles. The van der Waals surface area contributed by atoms with Gasteiger partial charge in [0, 0.05) is 11.3 Å². The lowest BCUT2D eigenvalue weighted by Gasteiger charge is -2.15. The van der Waals surface area contributed by atoms with Gasteiger partial charge in [0.05, 0.1) is 0 Å². The first-order valence-corrected chi connectivity index (χ1v) is 6.22. The molecule has 0 aliphatic heterocycles. The van der Waals surface area contributed by atoms with Crippen molar-refractivity contribution in [2.45, 2.75) is 25.9 Å². The zero-order valence-electron chi connectivity index (χ0n) is 10.8. The summed E-state index contributed by atoms with van der Waals surface area (Å²) in [5, 5.41) is 10.3. The number of para-hydroxylation sites is 1. The molecule has 2 rings (SSSR count). The highest BCUT2D eigenvalue weighted by atomic mass is 16.3. The standard InChI is InChI=1S/C16H19NO/c1-11(2)12-7-9-13(10-8-12)16(18)14-5-3-4-6-15(14)17/h3-11,16,18H,17H2,1-2H3. The molecule has 2 nitrogen and oxygen atoms in total. The van der Waals surface area contributed by atoms with Gasteiger partial charge in [0.1, 0.15) is 6.10 Å². The molecule has 1 atom stereocenters. The molecule has 0 heterocycles. The van der Waals surface area contributed by atoms with E-state index in [9.17, 15) is 5.11 Å². The van der Waals surface area contributed by atoms with Gasteiger partial charge in [0.25, 0.3) is 0 Å². The number of anilines is 1. The highest BCUT2D eigenvalue weighted by molar-refractivity contribution is 5.50. The largest absolute Gasteiger partial charge is 0.398 e. The maximum Gasteiger partial charge on any atom is 0.106 e. The maximum absolute atomic E-state index is 10.3. The summed E-state index contributed by atoms with van der Waals surface area (Å²) >= 11 is 0. The van der Waals surface area contributed by atoms with E-state index in [0.29, 0.717) is 11.6 Å². The van der Waals surface area contributed by atoms with Crippen LogP contribution < -0.4 is 5.73 Å². The number of hydrogen-bond donors (Lipinski definition) is 2. The Labute approximate surface area is 108 Å². The van der Waals surface area contributed by atoms with Crippen LogP contribution in [-0.2, 0) is 0 Å². The molecule has 0 spiro atoms. The first kappa shape index (κ1) is 12.7. The van der Waals surface area contributed by atoms with Crippen molar-refractivity contribution in [1.82, 2.24) is 0 Å². The number of benzene rings is 2. The molecule has 0 aliphatic rings. The molecule has 2 aromatic rings. The fourth-order valence-corrected chi connectivity index (χ4v) is 2.00. The van der Waals surface area contributed by atoms with Crippen molar-refractivity contribution in [3.05, 3.63) is 65.2 Å². The van der Waals surface area contributed by atoms with Crippen molar-refractivity contribution < 1.29 is 5.11 Å². The van der Waals surface area contributed by atoms with Gasteiger partial charge in [-0.2, -0.15) is 0 Å². The molecule has 18 heavy (non-hydrogen) atoms. The first-order chi connectivity index (χ1) is 8.59. The van der Waals surface area contributed by atoms with Crippen LogP contribution >= 0.6 is 0 Å². The second-order valence-electron chi connectivity index (χ2n) is 4.85. The van der Waals surface area contributed by atoms with Gasteiger partial charge in [-0.05, 0) is 23.1 Å². The van der Waals surface area contributed by atoms with Crippen LogP contribution in [0.4, 0.5) is 5.69 Å². The Balaban J connectivity index is 2.29. The van der Waals surface area contributed by atoms with Crippen LogP contribution in [0.15, 0.2) is 48.5 Å². The molecule has 2 heteroatoms. The molecular formula is C16H19NO. The van der Waals surface area contributed by atoms with Crippen LogP contribution in [0.25, 0.3) is 0 Å². The van der Waals surface area contributed by atoms with Gasteiger partial charge in [-0.25, -0.2) is 0 Å². The van der Waals surface area contributed by atoms with Gasteiger partial charge >= 0.3 is 0 Å². The molecule has 0 bridgehead atoms. The summed E-state index contributed by atoms with van der Waals surface area (Å²) in [5.74, 6) is 0.498. The van der Waals surface area contributed by atoms with Gasteiger partial charge in [0.2, 0.25) is 0 Å². The predicted octanol–water partition coefficient (Wildman–Crippen LogP) is 3.47. The molecule has 0 aromatic heterocycles. The van der Waals surface area contributed by atoms with Crippen LogP contribution in [0, 0.1) is 0 Å². The highest BCUT2D eigenvalue weighted by Crippen LogP contribution is 2.27. The minimum absolute atomic E-state index is 0.498. The van der Waals surface area contributed by atoms with E-state index >= 15 is 0 Å². The SMILES string of the molecule is CC(C)c1ccc(C(O)c2ccccc2N)cc1. The molecule has 0 amide bonds. The number of rotatable bonds is 3. The van der Waals surface area contributed by atoms with Crippen molar-refractivity contribution >= 4 is 5.69 Å². The van der Waals surface area contributed by atoms with Crippen molar-refractivity contribution in [2.75, 3.05) is 5.73 Å². The normalized spacial score (nSPS) is 12.7. The summed E-state index contributed by atoms with van der Waals surface area (Å²) in [5.41, 5.74) is 9.40. The zero-order chi connectivity index (χ0) is 13.1. The Morgan fingerprint density at radius 3 is 2.00 bits per heavy atom. The molecule has 94 valence electrons. The minimum atomic E-state index is -0.660. The maximum atomic E-state index is 10.3. The number of nitrogen functional groups attached to an aromatic ring is 1. The highest BCUT2D eigenvalue weighted by Gasteiger charge is 2.12. The van der Waals surface area contributed by atoms with E-state index in [-0.39, 0.29) is 0 Å². The van der Waals surface area contributed by atoms with Crippen molar-refractivity contribution in [2.24, 2.45) is 0 Å². The summed E-state index contributed by atoms with van der Waals surface area (Å²) in [7, 11) is 0. The third-order valence-corrected chi connectivity index (χ3v) is 3.21. The number of hydrogen-bond acceptors (Lipinski definition) is 2. The Bertz CT molecular complexity index is 517. The lowest BCUT2D eigenvalue weighted by molar-refractivity contribution is 0.221. The van der Waals surface area contributed by atoms with E-state index in [0.717, 1.165) is 11.1 Å². The van der Waals surface area contributed by atoms with Crippen LogP contribution in [0.1, 0.15) is 42.6 Å². The Kier molecular flexibility index (Phi) is 3.68. The lowest BCUT2D eigenvalue weighted by atomic mass is 9.96. The van der Waals surface area contributed by atoms with Gasteiger partial charge in [-0.3, -0.25) is 0 Å². The van der Waals surface area contributed by atoms with Crippen molar-refractivity contribution in [1.29, 1.82) is 0 Å². The second kappa shape index (κ2) is 5.23. The quantitative estimate of drug-likeness (QED) is 0.808. The zero-order valence-corrected chi connectivity index (χ0v) is 10.8.